The maximum atomic E-state index is 10.8. The van der Waals surface area contributed by atoms with Crippen molar-refractivity contribution in [2.45, 2.75) is 6.42 Å². The maximum Gasteiger partial charge on any atom is 0.147 e. The lowest BCUT2D eigenvalue weighted by Crippen LogP contribution is -2.19. The summed E-state index contributed by atoms with van der Waals surface area (Å²) >= 11 is 0. The number of aliphatic hydroxyl groups excluding tert-OH is 1. The van der Waals surface area contributed by atoms with Crippen LogP contribution in [0.4, 0.5) is 0 Å². The summed E-state index contributed by atoms with van der Waals surface area (Å²) in [5.74, 6) is -0.160. The fourth-order valence-electron chi connectivity index (χ4n) is 0.940. The molecule has 0 spiro atoms. The van der Waals surface area contributed by atoms with Gasteiger partial charge in [0.15, 0.2) is 0 Å². The lowest BCUT2D eigenvalue weighted by molar-refractivity contribution is 0.155. The molecule has 0 fully saturated rings. The van der Waals surface area contributed by atoms with Crippen LogP contribution in [-0.4, -0.2) is 45.9 Å². The smallest absolute Gasteiger partial charge is 0.147 e. The predicted molar refractivity (Wildman–Crippen MR) is 46.8 cm³/mol. The zero-order valence-electron chi connectivity index (χ0n) is 7.49. The first-order valence-electron chi connectivity index (χ1n) is 3.77. The second kappa shape index (κ2) is 5.50. The van der Waals surface area contributed by atoms with E-state index in [1.165, 1.54) is 6.26 Å². The van der Waals surface area contributed by atoms with Crippen molar-refractivity contribution >= 4 is 9.84 Å². The largest absolute Gasteiger partial charge is 0.396 e. The quantitative estimate of drug-likeness (QED) is 0.632. The molecular formula is C7H16O4S. The van der Waals surface area contributed by atoms with E-state index in [1.807, 2.05) is 0 Å². The SMILES string of the molecule is COCCC(CO)CS(C)(=O)=O. The lowest BCUT2D eigenvalue weighted by atomic mass is 10.1. The van der Waals surface area contributed by atoms with Crippen molar-refractivity contribution in [3.8, 4) is 0 Å². The molecule has 0 saturated carbocycles. The highest BCUT2D eigenvalue weighted by atomic mass is 32.2. The van der Waals surface area contributed by atoms with E-state index >= 15 is 0 Å². The van der Waals surface area contributed by atoms with Crippen LogP contribution in [0, 0.1) is 5.92 Å². The fourth-order valence-corrected chi connectivity index (χ4v) is 2.07. The molecule has 0 bridgehead atoms. The fraction of sp³-hybridized carbons (Fsp3) is 1.00. The molecule has 0 aromatic carbocycles. The van der Waals surface area contributed by atoms with Gasteiger partial charge in [-0.25, -0.2) is 8.42 Å². The number of sulfone groups is 1. The van der Waals surface area contributed by atoms with Gasteiger partial charge >= 0.3 is 0 Å². The predicted octanol–water partition coefficient (Wildman–Crippen LogP) is -0.324. The molecule has 0 aliphatic carbocycles. The van der Waals surface area contributed by atoms with Crippen molar-refractivity contribution < 1.29 is 18.3 Å². The summed E-state index contributed by atoms with van der Waals surface area (Å²) in [5.41, 5.74) is 0. The topological polar surface area (TPSA) is 63.6 Å². The summed E-state index contributed by atoms with van der Waals surface area (Å²) in [5, 5.41) is 8.80. The average molecular weight is 196 g/mol. The molecule has 0 aliphatic rings. The minimum Gasteiger partial charge on any atom is -0.396 e. The van der Waals surface area contributed by atoms with E-state index in [0.717, 1.165) is 0 Å². The van der Waals surface area contributed by atoms with Crippen LogP contribution in [0.3, 0.4) is 0 Å². The van der Waals surface area contributed by atoms with E-state index in [2.05, 4.69) is 0 Å². The van der Waals surface area contributed by atoms with Gasteiger partial charge in [-0.3, -0.25) is 0 Å². The van der Waals surface area contributed by atoms with Crippen LogP contribution in [-0.2, 0) is 14.6 Å². The van der Waals surface area contributed by atoms with Gasteiger partial charge in [0.25, 0.3) is 0 Å². The lowest BCUT2D eigenvalue weighted by Gasteiger charge is -2.11. The highest BCUT2D eigenvalue weighted by Crippen LogP contribution is 2.05. The highest BCUT2D eigenvalue weighted by Gasteiger charge is 2.13. The van der Waals surface area contributed by atoms with Gasteiger partial charge in [0.2, 0.25) is 0 Å². The molecule has 0 amide bonds. The first kappa shape index (κ1) is 11.9. The van der Waals surface area contributed by atoms with Crippen LogP contribution < -0.4 is 0 Å². The Morgan fingerprint density at radius 1 is 1.50 bits per heavy atom. The summed E-state index contributed by atoms with van der Waals surface area (Å²) in [7, 11) is -1.43. The number of rotatable bonds is 6. The molecule has 1 N–H and O–H groups in total. The summed E-state index contributed by atoms with van der Waals surface area (Å²) in [6.07, 6.45) is 1.75. The number of hydrogen-bond acceptors (Lipinski definition) is 4. The Balaban J connectivity index is 3.83. The van der Waals surface area contributed by atoms with E-state index in [4.69, 9.17) is 9.84 Å². The summed E-state index contributed by atoms with van der Waals surface area (Å²) in [6, 6.07) is 0. The summed E-state index contributed by atoms with van der Waals surface area (Å²) in [4.78, 5) is 0. The minimum absolute atomic E-state index is 0.0346. The first-order chi connectivity index (χ1) is 5.49. The van der Waals surface area contributed by atoms with Crippen molar-refractivity contribution in [3.05, 3.63) is 0 Å². The third kappa shape index (κ3) is 6.57. The molecule has 1 unspecified atom stereocenters. The van der Waals surface area contributed by atoms with Crippen LogP contribution in [0.5, 0.6) is 0 Å². The summed E-state index contributed by atoms with van der Waals surface area (Å²) < 4.78 is 26.4. The zero-order chi connectivity index (χ0) is 9.61. The Kier molecular flexibility index (Phi) is 5.44. The van der Waals surface area contributed by atoms with Crippen molar-refractivity contribution in [2.75, 3.05) is 32.3 Å². The van der Waals surface area contributed by atoms with Crippen molar-refractivity contribution in [1.29, 1.82) is 0 Å². The van der Waals surface area contributed by atoms with E-state index in [-0.39, 0.29) is 18.3 Å². The molecule has 0 radical (unpaired) electrons. The monoisotopic (exact) mass is 196 g/mol. The number of ether oxygens (including phenoxy) is 1. The molecule has 0 aromatic rings. The van der Waals surface area contributed by atoms with Crippen LogP contribution in [0.1, 0.15) is 6.42 Å². The third-order valence-corrected chi connectivity index (χ3v) is 2.60. The molecule has 0 rings (SSSR count). The van der Waals surface area contributed by atoms with Gasteiger partial charge in [0.1, 0.15) is 9.84 Å². The Hall–Kier alpha value is -0.130. The summed E-state index contributed by atoms with van der Waals surface area (Å²) in [6.45, 7) is 0.386. The van der Waals surface area contributed by atoms with E-state index in [0.29, 0.717) is 13.0 Å². The number of hydrogen-bond donors (Lipinski definition) is 1. The molecule has 0 aliphatic heterocycles. The normalized spacial score (nSPS) is 14.6. The molecule has 12 heavy (non-hydrogen) atoms. The Morgan fingerprint density at radius 3 is 2.42 bits per heavy atom. The van der Waals surface area contributed by atoms with Gasteiger partial charge in [0, 0.05) is 26.6 Å². The molecule has 1 atom stereocenters. The van der Waals surface area contributed by atoms with Crippen molar-refractivity contribution in [1.82, 2.24) is 0 Å². The minimum atomic E-state index is -2.98. The highest BCUT2D eigenvalue weighted by molar-refractivity contribution is 7.90. The van der Waals surface area contributed by atoms with Gasteiger partial charge in [-0.2, -0.15) is 0 Å². The Bertz CT molecular complexity index is 197. The number of methoxy groups -OCH3 is 1. The van der Waals surface area contributed by atoms with Crippen LogP contribution in [0.2, 0.25) is 0 Å². The second-order valence-electron chi connectivity index (χ2n) is 2.92. The average Bonchev–Trinajstić information content (AvgIpc) is 1.95. The van der Waals surface area contributed by atoms with Crippen LogP contribution in [0.25, 0.3) is 0 Å². The standard InChI is InChI=1S/C7H16O4S/c1-11-4-3-7(5-8)6-12(2,9)10/h7-8H,3-6H2,1-2H3. The van der Waals surface area contributed by atoms with E-state index < -0.39 is 9.84 Å². The molecular weight excluding hydrogens is 180 g/mol. The first-order valence-corrected chi connectivity index (χ1v) is 5.83. The molecule has 74 valence electrons. The molecule has 0 saturated heterocycles. The van der Waals surface area contributed by atoms with Crippen LogP contribution >= 0.6 is 0 Å². The van der Waals surface area contributed by atoms with Gasteiger partial charge in [0.05, 0.1) is 5.75 Å². The second-order valence-corrected chi connectivity index (χ2v) is 5.11. The van der Waals surface area contributed by atoms with Gasteiger partial charge in [-0.05, 0) is 12.3 Å². The van der Waals surface area contributed by atoms with Gasteiger partial charge in [-0.1, -0.05) is 0 Å². The molecule has 0 heterocycles. The maximum absolute atomic E-state index is 10.8. The third-order valence-electron chi connectivity index (χ3n) is 1.53. The van der Waals surface area contributed by atoms with Crippen LogP contribution in [0.15, 0.2) is 0 Å². The van der Waals surface area contributed by atoms with Gasteiger partial charge < -0.3 is 9.84 Å². The van der Waals surface area contributed by atoms with E-state index in [9.17, 15) is 8.42 Å². The Morgan fingerprint density at radius 2 is 2.08 bits per heavy atom. The molecule has 4 nitrogen and oxygen atoms in total. The van der Waals surface area contributed by atoms with Crippen molar-refractivity contribution in [2.24, 2.45) is 5.92 Å². The molecule has 5 heteroatoms. The van der Waals surface area contributed by atoms with Crippen molar-refractivity contribution in [3.63, 3.8) is 0 Å². The number of aliphatic hydroxyl groups is 1. The molecule has 0 aromatic heterocycles. The van der Waals surface area contributed by atoms with E-state index in [1.54, 1.807) is 7.11 Å². The Labute approximate surface area is 73.5 Å². The van der Waals surface area contributed by atoms with Gasteiger partial charge in [-0.15, -0.1) is 0 Å². The zero-order valence-corrected chi connectivity index (χ0v) is 8.30.